The maximum atomic E-state index is 12.7. The molecule has 16 nitrogen and oxygen atoms in total. The van der Waals surface area contributed by atoms with Crippen molar-refractivity contribution in [3.05, 3.63) is 257 Å². The molecule has 129 heavy (non-hydrogen) atoms. The molecule has 21 heteroatoms. The molecule has 3 N–H and O–H groups in total. The normalized spacial score (nSPS) is 13.0. The molecule has 4 heterocycles. The van der Waals surface area contributed by atoms with Crippen molar-refractivity contribution < 1.29 is 88.1 Å². The van der Waals surface area contributed by atoms with Crippen molar-refractivity contribution in [2.75, 3.05) is 19.8 Å². The van der Waals surface area contributed by atoms with Gasteiger partial charge in [0.2, 0.25) is 0 Å². The molecule has 0 unspecified atom stereocenters. The van der Waals surface area contributed by atoms with Crippen LogP contribution in [0.4, 0.5) is 0 Å². The first kappa shape index (κ1) is 108. The van der Waals surface area contributed by atoms with Gasteiger partial charge in [0.1, 0.15) is 31.5 Å². The van der Waals surface area contributed by atoms with E-state index in [4.69, 9.17) is 94.8 Å². The average molecular weight is 1840 g/mol. The van der Waals surface area contributed by atoms with Crippen LogP contribution in [-0.2, 0) is 42.8 Å². The summed E-state index contributed by atoms with van der Waals surface area (Å²) in [6, 6.07) is 55.7. The molecule has 0 saturated heterocycles. The quantitative estimate of drug-likeness (QED) is 0.0503. The molecule has 684 valence electrons. The molecule has 12 aromatic rings. The molecule has 0 fully saturated rings. The molecule has 0 saturated carbocycles. The average Bonchev–Trinajstić information content (AvgIpc) is 0.644. The van der Waals surface area contributed by atoms with E-state index < -0.39 is 58.0 Å². The minimum Gasteiger partial charge on any atom is -0.870 e. The van der Waals surface area contributed by atoms with Gasteiger partial charge in [0.15, 0.2) is 6.10 Å². The smallest absolute Gasteiger partial charge is 0.870 e. The topological polar surface area (TPSA) is 229 Å². The number of rotatable bonds is 21. The van der Waals surface area contributed by atoms with Gasteiger partial charge in [-0.2, -0.15) is 0 Å². The molecule has 0 aliphatic heterocycles. The fourth-order valence-corrected chi connectivity index (χ4v) is 15.7. The van der Waals surface area contributed by atoms with Gasteiger partial charge in [-0.1, -0.05) is 161 Å². The second-order valence-electron chi connectivity index (χ2n) is 39.8. The van der Waals surface area contributed by atoms with Gasteiger partial charge >= 0.3 is 47.5 Å². The zero-order valence-electron chi connectivity index (χ0n) is 81.1. The number of nitrogens with zero attached hydrogens (tertiary/aromatic N) is 4. The predicted molar refractivity (Wildman–Crippen MR) is 527 cm³/mol. The number of carboxylic acids is 1. The summed E-state index contributed by atoms with van der Waals surface area (Å²) in [5, 5.41) is 26.9. The van der Waals surface area contributed by atoms with E-state index in [2.05, 4.69) is 111 Å². The molecule has 0 aliphatic carbocycles. The van der Waals surface area contributed by atoms with Crippen molar-refractivity contribution >= 4 is 108 Å². The number of fused-ring (bicyclic) bond motifs is 4. The van der Waals surface area contributed by atoms with Gasteiger partial charge in [0.05, 0.1) is 61.9 Å². The van der Waals surface area contributed by atoms with Crippen LogP contribution in [0, 0.1) is 45.4 Å². The molecular weight excluding hydrogens is 1710 g/mol. The zero-order chi connectivity index (χ0) is 94.2. The molecule has 0 amide bonds. The third kappa shape index (κ3) is 28.9. The summed E-state index contributed by atoms with van der Waals surface area (Å²) in [5.41, 5.74) is 20.1. The number of halogens is 4. The van der Waals surface area contributed by atoms with Gasteiger partial charge < -0.3 is 44.1 Å². The fourth-order valence-electron chi connectivity index (χ4n) is 15.2. The first-order valence-electron chi connectivity index (χ1n) is 43.7. The Morgan fingerprint density at radius 1 is 0.341 bits per heavy atom. The summed E-state index contributed by atoms with van der Waals surface area (Å²) in [5.74, 6) is -0.554. The monoisotopic (exact) mass is 1840 g/mol. The van der Waals surface area contributed by atoms with Crippen LogP contribution in [0.5, 0.6) is 0 Å². The van der Waals surface area contributed by atoms with Gasteiger partial charge in [0.25, 0.3) is 0 Å². The maximum Gasteiger partial charge on any atom is 1.00 e. The van der Waals surface area contributed by atoms with Crippen molar-refractivity contribution in [1.29, 1.82) is 0 Å². The number of aliphatic hydroxyl groups is 1. The van der Waals surface area contributed by atoms with Crippen molar-refractivity contribution in [2.45, 2.75) is 265 Å². The number of benzene rings is 8. The number of aliphatic carboxylic acids is 1. The molecule has 0 radical (unpaired) electrons. The number of hydrogen-bond donors (Lipinski definition) is 2. The third-order valence-corrected chi connectivity index (χ3v) is 22.0. The summed E-state index contributed by atoms with van der Waals surface area (Å²) in [6.45, 7) is 57.8. The van der Waals surface area contributed by atoms with Gasteiger partial charge in [-0.05, 0) is 358 Å². The SMILES string of the molecule is Cc1cc2nc(C(C)C)ccc2c(-c2ccc(Cl)cc2)c1[C@@H](CO)OC(C)(C)C.Cc1cc2nc(C(C)C)ccc2c(-c2ccc(Cl)cc2)c1[C@@H](COC(=O)C(C)(C)C)OC(C)(C)C.Cc1cc2nc(C(C)C)ccc2c(-c2ccc(Cl)cc2)c1[C@H](OC(C)(C)C)C(=O)O.Cc1ccc2c(-c3ccc(Cl)cc3)c([C@@H](COC(=O)C(C)(C)C)OC(C)(C)C)c(C)cc2n1.[Na+].[OH-]. The summed E-state index contributed by atoms with van der Waals surface area (Å²) < 4.78 is 36.9. The van der Waals surface area contributed by atoms with E-state index in [-0.39, 0.29) is 72.4 Å². The molecule has 0 aliphatic rings. The molecule has 4 aromatic heterocycles. The van der Waals surface area contributed by atoms with Crippen LogP contribution >= 0.6 is 46.4 Å². The van der Waals surface area contributed by atoms with E-state index in [9.17, 15) is 24.6 Å². The Bertz CT molecular complexity index is 5900. The van der Waals surface area contributed by atoms with Gasteiger partial charge in [-0.3, -0.25) is 29.5 Å². The van der Waals surface area contributed by atoms with E-state index >= 15 is 0 Å². The summed E-state index contributed by atoms with van der Waals surface area (Å²) in [4.78, 5) is 57.0. The number of hydrogen-bond acceptors (Lipinski definition) is 15. The number of carbonyl (C=O) groups excluding carboxylic acids is 2. The minimum absolute atomic E-state index is 0. The van der Waals surface area contributed by atoms with E-state index in [0.717, 1.165) is 150 Å². The number of pyridine rings is 4. The maximum absolute atomic E-state index is 12.7. The summed E-state index contributed by atoms with van der Waals surface area (Å²) in [7, 11) is 0. The van der Waals surface area contributed by atoms with Gasteiger partial charge in [-0.25, -0.2) is 4.79 Å². The minimum atomic E-state index is -1.11. The summed E-state index contributed by atoms with van der Waals surface area (Å²) >= 11 is 24.7. The predicted octanol–water partition coefficient (Wildman–Crippen LogP) is 26.6. The van der Waals surface area contributed by atoms with Crippen LogP contribution in [0.15, 0.2) is 170 Å². The molecule has 12 rings (SSSR count). The zero-order valence-corrected chi connectivity index (χ0v) is 86.2. The van der Waals surface area contributed by atoms with Crippen LogP contribution in [0.3, 0.4) is 0 Å². The van der Waals surface area contributed by atoms with E-state index in [0.29, 0.717) is 43.4 Å². The van der Waals surface area contributed by atoms with Crippen molar-refractivity contribution in [3.63, 3.8) is 0 Å². The number of aryl methyl sites for hydroxylation is 5. The van der Waals surface area contributed by atoms with Crippen LogP contribution in [0.1, 0.15) is 276 Å². The second-order valence-corrected chi connectivity index (χ2v) is 41.6. The first-order chi connectivity index (χ1) is 59.0. The third-order valence-electron chi connectivity index (χ3n) is 21.0. The number of carbonyl (C=O) groups is 3. The van der Waals surface area contributed by atoms with Crippen molar-refractivity contribution in [2.24, 2.45) is 10.8 Å². The number of esters is 2. The van der Waals surface area contributed by atoms with E-state index in [1.165, 1.54) is 0 Å². The first-order valence-corrected chi connectivity index (χ1v) is 45.2. The Kier molecular flexibility index (Phi) is 37.2. The number of aliphatic hydroxyl groups excluding tert-OH is 1. The molecular formula is C108H131Cl4N4NaO12. The molecule has 0 spiro atoms. The Morgan fingerprint density at radius 2 is 0.581 bits per heavy atom. The van der Waals surface area contributed by atoms with Crippen LogP contribution in [0.25, 0.3) is 88.1 Å². The number of aromatic nitrogens is 4. The number of ether oxygens (including phenoxy) is 6. The van der Waals surface area contributed by atoms with Crippen molar-refractivity contribution in [1.82, 2.24) is 19.9 Å². The molecule has 4 atom stereocenters. The number of carboxylic acid groups (broad SMARTS) is 1. The van der Waals surface area contributed by atoms with E-state index in [1.807, 2.05) is 260 Å². The Hall–Kier alpha value is -8.27. The largest absolute Gasteiger partial charge is 1.00 e. The standard InChI is InChI=1S/C30H38ClNO3.C28H34ClNO3.C25H28ClNO3.C25H30ClNO2.Na.H2O/c1-18(2)23-15-14-22-24(32-23)16-19(3)26(27(22)20-10-12-21(31)13-11-20)25(35-30(7,8)9)17-34-28(33)29(4,5)6;1-17-15-22-21(14-9-18(2)30-22)25(19-10-12-20(29)13-11-19)24(17)23(33-28(6,7)8)16-32-26(31)27(3,4)5;1-14(2)19-12-11-18-20(27-19)13-15(3)21(23(24(28)29)30-25(4,5)6)22(18)16-7-9-17(26)10-8-16;1-15(2)20-12-11-19-21(27-20)13-16(3)23(22(14-28)29-25(4,5)6)24(19)17-7-9-18(26)10-8-17;;/h10-16,18,25H,17H2,1-9H3;9-15,23H,16H2,1-8H3;7-14,23H,1-6H3,(H,28,29);7-13,15,22,28H,14H2,1-6H3;;1H2/q;;;;+1;/p-1/t25-;2*23-;22-;;/m1101../s1. The van der Waals surface area contributed by atoms with Crippen LogP contribution in [-0.4, -0.2) is 95.8 Å². The van der Waals surface area contributed by atoms with Gasteiger partial charge in [0, 0.05) is 70.0 Å². The Morgan fingerprint density at radius 3 is 0.829 bits per heavy atom. The van der Waals surface area contributed by atoms with Crippen LogP contribution < -0.4 is 29.6 Å². The Balaban J connectivity index is 0.000000235. The summed E-state index contributed by atoms with van der Waals surface area (Å²) in [6.07, 6.45) is -2.45. The van der Waals surface area contributed by atoms with Crippen LogP contribution in [0.2, 0.25) is 20.1 Å². The fraction of sp³-hybridized carbons (Fsp3) is 0.417. The second kappa shape index (κ2) is 44.5. The van der Waals surface area contributed by atoms with E-state index in [1.54, 1.807) is 0 Å². The molecule has 8 aromatic carbocycles. The van der Waals surface area contributed by atoms with Crippen molar-refractivity contribution in [3.8, 4) is 44.5 Å². The molecule has 0 bridgehead atoms. The Labute approximate surface area is 807 Å². The van der Waals surface area contributed by atoms with Gasteiger partial charge in [-0.15, -0.1) is 0 Å².